The van der Waals surface area contributed by atoms with Crippen molar-refractivity contribution >= 4 is 29.2 Å². The van der Waals surface area contributed by atoms with Gasteiger partial charge >= 0.3 is 5.97 Å². The van der Waals surface area contributed by atoms with Crippen molar-refractivity contribution in [1.29, 1.82) is 0 Å². The van der Waals surface area contributed by atoms with E-state index < -0.39 is 17.4 Å². The normalized spacial score (nSPS) is 29.8. The maximum atomic E-state index is 13.5. The third-order valence-corrected chi connectivity index (χ3v) is 6.12. The molecule has 1 amide bonds. The molecule has 1 unspecified atom stereocenters. The molecule has 1 fully saturated rings. The van der Waals surface area contributed by atoms with Crippen LogP contribution in [0.15, 0.2) is 18.2 Å². The first-order chi connectivity index (χ1) is 12.8. The average Bonchev–Trinajstić information content (AvgIpc) is 2.94. The molecule has 3 rings (SSSR count). The monoisotopic (exact) mass is 406 g/mol. The molecule has 4 atom stereocenters. The van der Waals surface area contributed by atoms with E-state index in [9.17, 15) is 14.7 Å². The van der Waals surface area contributed by atoms with Gasteiger partial charge in [-0.15, -0.1) is 0 Å². The van der Waals surface area contributed by atoms with Crippen molar-refractivity contribution in [2.75, 3.05) is 5.32 Å². The fraction of sp³-hybridized carbons (Fsp3) is 0.636. The lowest BCUT2D eigenvalue weighted by atomic mass is 9.61. The highest BCUT2D eigenvalue weighted by Crippen LogP contribution is 2.55. The van der Waals surface area contributed by atoms with Crippen molar-refractivity contribution < 1.29 is 14.7 Å². The number of hydrogen-bond donors (Lipinski definition) is 3. The van der Waals surface area contributed by atoms with Gasteiger partial charge in [-0.05, 0) is 41.4 Å². The van der Waals surface area contributed by atoms with Crippen LogP contribution in [0.2, 0.25) is 5.02 Å². The lowest BCUT2D eigenvalue weighted by molar-refractivity contribution is -0.140. The minimum atomic E-state index is -0.927. The molecule has 28 heavy (non-hydrogen) atoms. The number of rotatable bonds is 3. The van der Waals surface area contributed by atoms with Gasteiger partial charge in [-0.25, -0.2) is 0 Å². The zero-order chi connectivity index (χ0) is 21.1. The Morgan fingerprint density at radius 1 is 1.14 bits per heavy atom. The van der Waals surface area contributed by atoms with E-state index in [1.165, 1.54) is 0 Å². The largest absolute Gasteiger partial charge is 0.480 e. The third kappa shape index (κ3) is 3.55. The van der Waals surface area contributed by atoms with Crippen LogP contribution in [0.25, 0.3) is 0 Å². The topological polar surface area (TPSA) is 78.4 Å². The molecule has 1 spiro atoms. The number of nitrogens with one attached hydrogen (secondary N) is 2. The van der Waals surface area contributed by atoms with E-state index in [0.29, 0.717) is 23.6 Å². The van der Waals surface area contributed by atoms with Crippen molar-refractivity contribution in [3.05, 3.63) is 28.8 Å². The Labute approximate surface area is 172 Å². The van der Waals surface area contributed by atoms with Crippen molar-refractivity contribution in [2.24, 2.45) is 16.7 Å². The summed E-state index contributed by atoms with van der Waals surface area (Å²) in [4.78, 5) is 25.7. The molecular formula is C22H31ClN2O3. The fourth-order valence-corrected chi connectivity index (χ4v) is 5.21. The first-order valence-electron chi connectivity index (χ1n) is 9.86. The molecule has 2 aliphatic rings. The lowest BCUT2D eigenvalue weighted by Crippen LogP contribution is -2.51. The molecule has 1 aromatic carbocycles. The van der Waals surface area contributed by atoms with Crippen molar-refractivity contribution in [1.82, 2.24) is 5.32 Å². The number of fused-ring (bicyclic) bond motifs is 2. The number of amides is 1. The Hall–Kier alpha value is -1.59. The molecule has 2 heterocycles. The standard InChI is InChI=1S/C22H31ClN2O3/c1-20(2,3)10-14-17(18(26)27)25-16(11-21(4,5)6)22(14)13-8-7-12(23)9-15(13)24-19(22)28/h7-9,14,16-17,25H,10-11H2,1-6H3,(H,24,28)(H,26,27)/t14-,16+,17+,22?/m0/s1. The summed E-state index contributed by atoms with van der Waals surface area (Å²) in [6, 6.07) is 4.40. The summed E-state index contributed by atoms with van der Waals surface area (Å²) in [7, 11) is 0. The highest BCUT2D eigenvalue weighted by Gasteiger charge is 2.65. The Morgan fingerprint density at radius 3 is 2.29 bits per heavy atom. The molecule has 6 heteroatoms. The summed E-state index contributed by atoms with van der Waals surface area (Å²) in [6.07, 6.45) is 1.31. The number of anilines is 1. The SMILES string of the molecule is CC(C)(C)C[C@H]1N[C@@H](C(=O)O)[C@H](CC(C)(C)C)C12C(=O)Nc1cc(Cl)ccc12. The van der Waals surface area contributed by atoms with Crippen LogP contribution in [0.3, 0.4) is 0 Å². The second-order valence-corrected chi connectivity index (χ2v) is 11.1. The summed E-state index contributed by atoms with van der Waals surface area (Å²) < 4.78 is 0. The number of carbonyl (C=O) groups excluding carboxylic acids is 1. The van der Waals surface area contributed by atoms with Crippen LogP contribution < -0.4 is 10.6 Å². The van der Waals surface area contributed by atoms with Gasteiger partial charge in [0.2, 0.25) is 5.91 Å². The summed E-state index contributed by atoms with van der Waals surface area (Å²) >= 11 is 6.17. The smallest absolute Gasteiger partial charge is 0.321 e. The quantitative estimate of drug-likeness (QED) is 0.693. The number of hydrogen-bond acceptors (Lipinski definition) is 3. The summed E-state index contributed by atoms with van der Waals surface area (Å²) in [5, 5.41) is 16.9. The highest BCUT2D eigenvalue weighted by molar-refractivity contribution is 6.31. The van der Waals surface area contributed by atoms with Gasteiger partial charge in [-0.2, -0.15) is 0 Å². The zero-order valence-electron chi connectivity index (χ0n) is 17.5. The molecule has 5 nitrogen and oxygen atoms in total. The van der Waals surface area contributed by atoms with Crippen LogP contribution in [0.4, 0.5) is 5.69 Å². The number of benzene rings is 1. The van der Waals surface area contributed by atoms with Gasteiger partial charge in [0, 0.05) is 22.7 Å². The Bertz CT molecular complexity index is 809. The third-order valence-electron chi connectivity index (χ3n) is 5.88. The molecule has 3 N–H and O–H groups in total. The zero-order valence-corrected chi connectivity index (χ0v) is 18.3. The Balaban J connectivity index is 2.24. The van der Waals surface area contributed by atoms with E-state index in [4.69, 9.17) is 11.6 Å². The van der Waals surface area contributed by atoms with Crippen molar-refractivity contribution in [2.45, 2.75) is 71.9 Å². The van der Waals surface area contributed by atoms with Crippen molar-refractivity contribution in [3.63, 3.8) is 0 Å². The molecule has 2 aliphatic heterocycles. The number of aliphatic carboxylic acids is 1. The minimum absolute atomic E-state index is 0.0696. The Kier molecular flexibility index (Phi) is 5.08. The molecule has 0 aliphatic carbocycles. The van der Waals surface area contributed by atoms with Crippen LogP contribution in [0.1, 0.15) is 59.9 Å². The van der Waals surface area contributed by atoms with Gasteiger partial charge < -0.3 is 10.4 Å². The molecule has 0 aromatic heterocycles. The van der Waals surface area contributed by atoms with Gasteiger partial charge in [0.25, 0.3) is 0 Å². The lowest BCUT2D eigenvalue weighted by Gasteiger charge is -2.39. The maximum absolute atomic E-state index is 13.5. The number of halogens is 1. The molecule has 1 aromatic rings. The van der Waals surface area contributed by atoms with E-state index in [-0.39, 0.29) is 28.7 Å². The van der Waals surface area contributed by atoms with Crippen LogP contribution in [0, 0.1) is 16.7 Å². The van der Waals surface area contributed by atoms with E-state index in [0.717, 1.165) is 5.56 Å². The summed E-state index contributed by atoms with van der Waals surface area (Å²) in [6.45, 7) is 12.6. The first kappa shape index (κ1) is 21.1. The maximum Gasteiger partial charge on any atom is 0.321 e. The minimum Gasteiger partial charge on any atom is -0.480 e. The van der Waals surface area contributed by atoms with Crippen LogP contribution >= 0.6 is 11.6 Å². The van der Waals surface area contributed by atoms with Crippen LogP contribution in [0.5, 0.6) is 0 Å². The Morgan fingerprint density at radius 2 is 1.75 bits per heavy atom. The molecule has 154 valence electrons. The average molecular weight is 407 g/mol. The number of carboxylic acid groups (broad SMARTS) is 1. The predicted molar refractivity (Wildman–Crippen MR) is 112 cm³/mol. The van der Waals surface area contributed by atoms with E-state index in [2.05, 4.69) is 52.2 Å². The fourth-order valence-electron chi connectivity index (χ4n) is 5.04. The molecule has 0 saturated carbocycles. The molecule has 1 saturated heterocycles. The van der Waals surface area contributed by atoms with E-state index in [1.807, 2.05) is 6.07 Å². The van der Waals surface area contributed by atoms with Crippen LogP contribution in [-0.2, 0) is 15.0 Å². The second-order valence-electron chi connectivity index (χ2n) is 10.7. The van der Waals surface area contributed by atoms with Gasteiger partial charge in [0.1, 0.15) is 6.04 Å². The first-order valence-corrected chi connectivity index (χ1v) is 10.2. The molecule has 0 radical (unpaired) electrons. The van der Waals surface area contributed by atoms with E-state index >= 15 is 0 Å². The number of carboxylic acids is 1. The molecular weight excluding hydrogens is 376 g/mol. The summed E-state index contributed by atoms with van der Waals surface area (Å²) in [5.41, 5.74) is 0.437. The van der Waals surface area contributed by atoms with Gasteiger partial charge in [0.05, 0.1) is 5.41 Å². The van der Waals surface area contributed by atoms with Crippen molar-refractivity contribution in [3.8, 4) is 0 Å². The molecule has 0 bridgehead atoms. The van der Waals surface area contributed by atoms with Gasteiger partial charge in [-0.1, -0.05) is 59.2 Å². The van der Waals surface area contributed by atoms with E-state index in [1.54, 1.807) is 12.1 Å². The predicted octanol–water partition coefficient (Wildman–Crippen LogP) is 4.44. The second kappa shape index (κ2) is 6.74. The van der Waals surface area contributed by atoms with Crippen LogP contribution in [-0.4, -0.2) is 29.1 Å². The summed E-state index contributed by atoms with van der Waals surface area (Å²) in [5.74, 6) is -1.38. The highest BCUT2D eigenvalue weighted by atomic mass is 35.5. The van der Waals surface area contributed by atoms with Gasteiger partial charge in [0.15, 0.2) is 0 Å². The van der Waals surface area contributed by atoms with Gasteiger partial charge in [-0.3, -0.25) is 14.9 Å². The number of carbonyl (C=O) groups is 2.